The maximum absolute atomic E-state index is 12.5. The smallest absolute Gasteiger partial charge is 0.230 e. The molecule has 4 heteroatoms. The van der Waals surface area contributed by atoms with Crippen LogP contribution in [0.1, 0.15) is 33.3 Å². The van der Waals surface area contributed by atoms with Gasteiger partial charge >= 0.3 is 0 Å². The lowest BCUT2D eigenvalue weighted by atomic mass is 9.74. The Hall–Kier alpha value is -1.06. The fraction of sp³-hybridized carbons (Fsp3) is 0.533. The second-order valence-corrected chi connectivity index (χ2v) is 6.57. The summed E-state index contributed by atoms with van der Waals surface area (Å²) in [6.45, 7) is 8.03. The molecule has 19 heavy (non-hydrogen) atoms. The summed E-state index contributed by atoms with van der Waals surface area (Å²) in [5, 5.41) is 0.678. The number of benzene rings is 1. The average molecular weight is 283 g/mol. The quantitative estimate of drug-likeness (QED) is 0.922. The summed E-state index contributed by atoms with van der Waals surface area (Å²) in [6.07, 6.45) is 0. The average Bonchev–Trinajstić information content (AvgIpc) is 2.26. The van der Waals surface area contributed by atoms with Crippen molar-refractivity contribution in [3.05, 3.63) is 34.9 Å². The van der Waals surface area contributed by atoms with E-state index in [0.717, 1.165) is 5.56 Å². The molecule has 0 aliphatic carbocycles. The van der Waals surface area contributed by atoms with Crippen LogP contribution < -0.4 is 5.73 Å². The lowest BCUT2D eigenvalue weighted by Gasteiger charge is -2.39. The van der Waals surface area contributed by atoms with Gasteiger partial charge in [-0.3, -0.25) is 4.79 Å². The summed E-state index contributed by atoms with van der Waals surface area (Å²) in [5.41, 5.74) is 5.91. The SMILES string of the molecule is CN(Cc1cccc(Cl)c1)C(=O)C(C)(C)C(C)(C)N. The molecule has 0 heterocycles. The highest BCUT2D eigenvalue weighted by molar-refractivity contribution is 6.30. The summed E-state index contributed by atoms with van der Waals surface area (Å²) in [5.74, 6) is 0.0278. The van der Waals surface area contributed by atoms with Gasteiger partial charge in [0, 0.05) is 24.2 Å². The summed E-state index contributed by atoms with van der Waals surface area (Å²) in [7, 11) is 1.79. The maximum atomic E-state index is 12.5. The van der Waals surface area contributed by atoms with Gasteiger partial charge in [0.15, 0.2) is 0 Å². The highest BCUT2D eigenvalue weighted by atomic mass is 35.5. The predicted molar refractivity (Wildman–Crippen MR) is 80.0 cm³/mol. The van der Waals surface area contributed by atoms with Crippen LogP contribution in [-0.2, 0) is 11.3 Å². The molecule has 0 fully saturated rings. The fourth-order valence-electron chi connectivity index (χ4n) is 1.73. The molecule has 0 saturated carbocycles. The van der Waals surface area contributed by atoms with Crippen LogP contribution >= 0.6 is 11.6 Å². The summed E-state index contributed by atoms with van der Waals surface area (Å²) >= 11 is 5.95. The van der Waals surface area contributed by atoms with E-state index in [0.29, 0.717) is 11.6 Å². The second kappa shape index (κ2) is 5.51. The minimum Gasteiger partial charge on any atom is -0.341 e. The molecule has 1 rings (SSSR count). The van der Waals surface area contributed by atoms with Crippen LogP contribution in [0.3, 0.4) is 0 Å². The van der Waals surface area contributed by atoms with E-state index in [1.54, 1.807) is 11.9 Å². The van der Waals surface area contributed by atoms with E-state index < -0.39 is 11.0 Å². The van der Waals surface area contributed by atoms with E-state index in [4.69, 9.17) is 17.3 Å². The third-order valence-electron chi connectivity index (χ3n) is 3.80. The van der Waals surface area contributed by atoms with Gasteiger partial charge in [0.05, 0.1) is 5.41 Å². The van der Waals surface area contributed by atoms with E-state index in [1.165, 1.54) is 0 Å². The first-order valence-corrected chi connectivity index (χ1v) is 6.72. The molecule has 1 amide bonds. The van der Waals surface area contributed by atoms with Crippen LogP contribution in [-0.4, -0.2) is 23.4 Å². The van der Waals surface area contributed by atoms with Crippen LogP contribution in [0.15, 0.2) is 24.3 Å². The van der Waals surface area contributed by atoms with Crippen molar-refractivity contribution >= 4 is 17.5 Å². The van der Waals surface area contributed by atoms with Gasteiger partial charge in [0.2, 0.25) is 5.91 Å². The highest BCUT2D eigenvalue weighted by Gasteiger charge is 2.41. The van der Waals surface area contributed by atoms with Gasteiger partial charge in [-0.15, -0.1) is 0 Å². The first kappa shape index (κ1) is 16.0. The number of carbonyl (C=O) groups excluding carboxylic acids is 1. The van der Waals surface area contributed by atoms with Crippen molar-refractivity contribution < 1.29 is 4.79 Å². The van der Waals surface area contributed by atoms with Crippen molar-refractivity contribution in [2.45, 2.75) is 39.8 Å². The monoisotopic (exact) mass is 282 g/mol. The molecule has 3 nitrogen and oxygen atoms in total. The van der Waals surface area contributed by atoms with Crippen molar-refractivity contribution in [2.24, 2.45) is 11.1 Å². The summed E-state index contributed by atoms with van der Waals surface area (Å²) < 4.78 is 0. The predicted octanol–water partition coefficient (Wildman–Crippen LogP) is 3.06. The third-order valence-corrected chi connectivity index (χ3v) is 4.04. The van der Waals surface area contributed by atoms with E-state index in [9.17, 15) is 4.79 Å². The molecule has 0 bridgehead atoms. The van der Waals surface area contributed by atoms with Crippen molar-refractivity contribution in [1.82, 2.24) is 4.90 Å². The van der Waals surface area contributed by atoms with Gasteiger partial charge in [0.1, 0.15) is 0 Å². The largest absolute Gasteiger partial charge is 0.341 e. The summed E-state index contributed by atoms with van der Waals surface area (Å²) in [4.78, 5) is 14.2. The Kier molecular flexibility index (Phi) is 4.64. The van der Waals surface area contributed by atoms with Crippen LogP contribution in [0.25, 0.3) is 0 Å². The Morgan fingerprint density at radius 2 is 1.89 bits per heavy atom. The maximum Gasteiger partial charge on any atom is 0.230 e. The third kappa shape index (κ3) is 3.71. The van der Waals surface area contributed by atoms with E-state index in [1.807, 2.05) is 52.0 Å². The molecule has 0 radical (unpaired) electrons. The number of amides is 1. The number of hydrogen-bond donors (Lipinski definition) is 1. The molecule has 0 aliphatic rings. The number of nitrogens with two attached hydrogens (primary N) is 1. The first-order chi connectivity index (χ1) is 8.55. The zero-order chi connectivity index (χ0) is 14.8. The van der Waals surface area contributed by atoms with Crippen molar-refractivity contribution in [1.29, 1.82) is 0 Å². The zero-order valence-electron chi connectivity index (χ0n) is 12.3. The molecule has 0 spiro atoms. The standard InChI is InChI=1S/C15H23ClN2O/c1-14(2,15(3,4)17)13(19)18(5)10-11-7-6-8-12(16)9-11/h6-9H,10,17H2,1-5H3. The van der Waals surface area contributed by atoms with Crippen molar-refractivity contribution in [2.75, 3.05) is 7.05 Å². The van der Waals surface area contributed by atoms with Gasteiger partial charge in [-0.1, -0.05) is 23.7 Å². The van der Waals surface area contributed by atoms with E-state index >= 15 is 0 Å². The highest BCUT2D eigenvalue weighted by Crippen LogP contribution is 2.30. The minimum atomic E-state index is -0.625. The lowest BCUT2D eigenvalue weighted by molar-refractivity contribution is -0.142. The zero-order valence-corrected chi connectivity index (χ0v) is 13.1. The Morgan fingerprint density at radius 3 is 2.37 bits per heavy atom. The molecule has 0 aromatic heterocycles. The van der Waals surface area contributed by atoms with Gasteiger partial charge in [-0.2, -0.15) is 0 Å². The normalized spacial score (nSPS) is 12.4. The molecular formula is C15H23ClN2O. The number of halogens is 1. The lowest BCUT2D eigenvalue weighted by Crippen LogP contribution is -2.55. The number of rotatable bonds is 4. The van der Waals surface area contributed by atoms with Gasteiger partial charge in [-0.25, -0.2) is 0 Å². The Bertz CT molecular complexity index is 463. The van der Waals surface area contributed by atoms with Crippen molar-refractivity contribution in [3.8, 4) is 0 Å². The molecule has 106 valence electrons. The number of nitrogens with zero attached hydrogens (tertiary/aromatic N) is 1. The van der Waals surface area contributed by atoms with Crippen LogP contribution in [0.4, 0.5) is 0 Å². The topological polar surface area (TPSA) is 46.3 Å². The Morgan fingerprint density at radius 1 is 1.32 bits per heavy atom. The molecule has 1 aromatic rings. The van der Waals surface area contributed by atoms with Gasteiger partial charge in [-0.05, 0) is 45.4 Å². The molecule has 2 N–H and O–H groups in total. The molecule has 0 aliphatic heterocycles. The molecule has 0 unspecified atom stereocenters. The molecular weight excluding hydrogens is 260 g/mol. The van der Waals surface area contributed by atoms with Gasteiger partial charge < -0.3 is 10.6 Å². The van der Waals surface area contributed by atoms with Crippen LogP contribution in [0.5, 0.6) is 0 Å². The first-order valence-electron chi connectivity index (χ1n) is 6.34. The number of hydrogen-bond acceptors (Lipinski definition) is 2. The number of carbonyl (C=O) groups is 1. The molecule has 1 aromatic carbocycles. The van der Waals surface area contributed by atoms with Crippen LogP contribution in [0.2, 0.25) is 5.02 Å². The van der Waals surface area contributed by atoms with E-state index in [2.05, 4.69) is 0 Å². The van der Waals surface area contributed by atoms with E-state index in [-0.39, 0.29) is 5.91 Å². The van der Waals surface area contributed by atoms with Crippen LogP contribution in [0, 0.1) is 5.41 Å². The second-order valence-electron chi connectivity index (χ2n) is 6.14. The molecule has 0 saturated heterocycles. The van der Waals surface area contributed by atoms with Crippen molar-refractivity contribution in [3.63, 3.8) is 0 Å². The molecule has 0 atom stereocenters. The Balaban J connectivity index is 2.84. The van der Waals surface area contributed by atoms with Gasteiger partial charge in [0.25, 0.3) is 0 Å². The fourth-order valence-corrected chi connectivity index (χ4v) is 1.95. The Labute approximate surface area is 120 Å². The summed E-state index contributed by atoms with van der Waals surface area (Å²) in [6, 6.07) is 7.52. The minimum absolute atomic E-state index is 0.0278.